The molecule has 3 aromatic rings. The van der Waals surface area contributed by atoms with Crippen molar-refractivity contribution in [1.29, 1.82) is 0 Å². The average Bonchev–Trinajstić information content (AvgIpc) is 2.47. The van der Waals surface area contributed by atoms with Crippen LogP contribution in [0.5, 0.6) is 0 Å². The molecule has 7 heteroatoms. The molecule has 1 heterocycles. The first-order valence-corrected chi connectivity index (χ1v) is 7.19. The van der Waals surface area contributed by atoms with Crippen molar-refractivity contribution >= 4 is 46.3 Å². The predicted molar refractivity (Wildman–Crippen MR) is 89.3 cm³/mol. The van der Waals surface area contributed by atoms with Crippen molar-refractivity contribution in [2.75, 3.05) is 10.6 Å². The Bertz CT molecular complexity index is 760. The maximum absolute atomic E-state index is 5.96. The molecule has 0 fully saturated rings. The summed E-state index contributed by atoms with van der Waals surface area (Å²) in [5.74, 6) is 0.927. The van der Waals surface area contributed by atoms with Crippen LogP contribution in [0.1, 0.15) is 0 Å². The van der Waals surface area contributed by atoms with Crippen LogP contribution in [0.15, 0.2) is 54.7 Å². The summed E-state index contributed by atoms with van der Waals surface area (Å²) < 4.78 is 0. The number of halogens is 2. The van der Waals surface area contributed by atoms with Crippen molar-refractivity contribution in [3.8, 4) is 0 Å². The summed E-state index contributed by atoms with van der Waals surface area (Å²) in [5, 5.41) is 15.1. The van der Waals surface area contributed by atoms with E-state index in [0.717, 1.165) is 5.69 Å². The molecule has 0 aliphatic carbocycles. The van der Waals surface area contributed by atoms with E-state index in [0.29, 0.717) is 27.5 Å². The summed E-state index contributed by atoms with van der Waals surface area (Å²) in [4.78, 5) is 4.34. The standard InChI is InChI=1S/C15H11Cl2N5/c16-10-6-11(17)8-13(7-10)20-15-21-14(9-18-22-15)19-12-4-2-1-3-5-12/h1-9H,(H2,19,20,21,22). The summed E-state index contributed by atoms with van der Waals surface area (Å²) in [6.45, 7) is 0. The number of benzene rings is 2. The molecule has 0 radical (unpaired) electrons. The fraction of sp³-hybridized carbons (Fsp3) is 0. The van der Waals surface area contributed by atoms with Gasteiger partial charge in [-0.1, -0.05) is 41.4 Å². The van der Waals surface area contributed by atoms with Crippen LogP contribution >= 0.6 is 23.2 Å². The average molecular weight is 332 g/mol. The first kappa shape index (κ1) is 14.6. The van der Waals surface area contributed by atoms with E-state index in [9.17, 15) is 0 Å². The molecular formula is C15H11Cl2N5. The van der Waals surface area contributed by atoms with Crippen molar-refractivity contribution in [3.63, 3.8) is 0 Å². The van der Waals surface area contributed by atoms with E-state index in [2.05, 4.69) is 25.8 Å². The minimum absolute atomic E-state index is 0.347. The van der Waals surface area contributed by atoms with Gasteiger partial charge in [-0.2, -0.15) is 10.1 Å². The lowest BCUT2D eigenvalue weighted by Crippen LogP contribution is -2.02. The number of hydrogen-bond donors (Lipinski definition) is 2. The van der Waals surface area contributed by atoms with E-state index >= 15 is 0 Å². The molecule has 5 nitrogen and oxygen atoms in total. The predicted octanol–water partition coefficient (Wildman–Crippen LogP) is 4.67. The Hall–Kier alpha value is -2.37. The Kier molecular flexibility index (Phi) is 4.37. The molecule has 1 aromatic heterocycles. The Balaban J connectivity index is 1.79. The molecule has 0 saturated heterocycles. The summed E-state index contributed by atoms with van der Waals surface area (Å²) in [6.07, 6.45) is 1.54. The summed E-state index contributed by atoms with van der Waals surface area (Å²) >= 11 is 11.9. The molecule has 0 saturated carbocycles. The number of anilines is 4. The van der Waals surface area contributed by atoms with Crippen molar-refractivity contribution in [2.24, 2.45) is 0 Å². The SMILES string of the molecule is Clc1cc(Cl)cc(Nc2nncc(Nc3ccccc3)n2)c1. The first-order chi connectivity index (χ1) is 10.7. The third kappa shape index (κ3) is 3.84. The monoisotopic (exact) mass is 331 g/mol. The quantitative estimate of drug-likeness (QED) is 0.727. The molecule has 0 bridgehead atoms. The van der Waals surface area contributed by atoms with E-state index in [1.54, 1.807) is 24.4 Å². The number of rotatable bonds is 4. The minimum Gasteiger partial charge on any atom is -0.339 e. The van der Waals surface area contributed by atoms with Gasteiger partial charge >= 0.3 is 0 Å². The lowest BCUT2D eigenvalue weighted by molar-refractivity contribution is 0.982. The molecular weight excluding hydrogens is 321 g/mol. The molecule has 22 heavy (non-hydrogen) atoms. The van der Waals surface area contributed by atoms with Crippen LogP contribution in [0.3, 0.4) is 0 Å². The Morgan fingerprint density at radius 3 is 2.27 bits per heavy atom. The van der Waals surface area contributed by atoms with Crippen LogP contribution < -0.4 is 10.6 Å². The number of nitrogens with zero attached hydrogens (tertiary/aromatic N) is 3. The zero-order valence-corrected chi connectivity index (χ0v) is 12.8. The zero-order chi connectivity index (χ0) is 15.4. The summed E-state index contributed by atoms with van der Waals surface area (Å²) in [7, 11) is 0. The second kappa shape index (κ2) is 6.60. The first-order valence-electron chi connectivity index (χ1n) is 6.44. The third-order valence-corrected chi connectivity index (χ3v) is 3.16. The Labute approximate surface area is 137 Å². The van der Waals surface area contributed by atoms with Crippen LogP contribution in [-0.2, 0) is 0 Å². The lowest BCUT2D eigenvalue weighted by atomic mass is 10.3. The molecule has 0 spiro atoms. The Morgan fingerprint density at radius 2 is 1.55 bits per heavy atom. The molecule has 3 rings (SSSR count). The van der Waals surface area contributed by atoms with Gasteiger partial charge in [-0.05, 0) is 30.3 Å². The molecule has 2 N–H and O–H groups in total. The molecule has 0 aliphatic rings. The maximum Gasteiger partial charge on any atom is 0.249 e. The topological polar surface area (TPSA) is 62.7 Å². The highest BCUT2D eigenvalue weighted by molar-refractivity contribution is 6.35. The number of hydrogen-bond acceptors (Lipinski definition) is 5. The number of nitrogens with one attached hydrogen (secondary N) is 2. The van der Waals surface area contributed by atoms with Crippen LogP contribution in [0.2, 0.25) is 10.0 Å². The van der Waals surface area contributed by atoms with Crippen LogP contribution in [0.25, 0.3) is 0 Å². The van der Waals surface area contributed by atoms with Gasteiger partial charge < -0.3 is 10.6 Å². The highest BCUT2D eigenvalue weighted by Gasteiger charge is 2.04. The van der Waals surface area contributed by atoms with E-state index < -0.39 is 0 Å². The van der Waals surface area contributed by atoms with E-state index in [1.807, 2.05) is 30.3 Å². The molecule has 2 aromatic carbocycles. The van der Waals surface area contributed by atoms with Gasteiger partial charge in [0.05, 0.1) is 6.20 Å². The molecule has 0 amide bonds. The number of para-hydroxylation sites is 1. The smallest absolute Gasteiger partial charge is 0.249 e. The van der Waals surface area contributed by atoms with Crippen molar-refractivity contribution in [2.45, 2.75) is 0 Å². The normalized spacial score (nSPS) is 10.3. The van der Waals surface area contributed by atoms with Crippen LogP contribution in [-0.4, -0.2) is 15.2 Å². The van der Waals surface area contributed by atoms with Crippen molar-refractivity contribution < 1.29 is 0 Å². The van der Waals surface area contributed by atoms with Gasteiger partial charge in [0.15, 0.2) is 5.82 Å². The second-order valence-corrected chi connectivity index (χ2v) is 5.31. The highest BCUT2D eigenvalue weighted by atomic mass is 35.5. The molecule has 110 valence electrons. The largest absolute Gasteiger partial charge is 0.339 e. The van der Waals surface area contributed by atoms with Gasteiger partial charge in [0.1, 0.15) is 0 Å². The van der Waals surface area contributed by atoms with Crippen molar-refractivity contribution in [3.05, 3.63) is 64.8 Å². The van der Waals surface area contributed by atoms with Gasteiger partial charge in [0, 0.05) is 21.4 Å². The van der Waals surface area contributed by atoms with E-state index in [-0.39, 0.29) is 0 Å². The highest BCUT2D eigenvalue weighted by Crippen LogP contribution is 2.24. The van der Waals surface area contributed by atoms with Gasteiger partial charge in [0.25, 0.3) is 0 Å². The van der Waals surface area contributed by atoms with Gasteiger partial charge in [-0.3, -0.25) is 0 Å². The van der Waals surface area contributed by atoms with Crippen LogP contribution in [0, 0.1) is 0 Å². The summed E-state index contributed by atoms with van der Waals surface area (Å²) in [6, 6.07) is 14.8. The van der Waals surface area contributed by atoms with Crippen molar-refractivity contribution in [1.82, 2.24) is 15.2 Å². The number of aromatic nitrogens is 3. The molecule has 0 unspecified atom stereocenters. The van der Waals surface area contributed by atoms with Crippen LogP contribution in [0.4, 0.5) is 23.1 Å². The van der Waals surface area contributed by atoms with Gasteiger partial charge in [-0.15, -0.1) is 5.10 Å². The van der Waals surface area contributed by atoms with E-state index in [1.165, 1.54) is 0 Å². The van der Waals surface area contributed by atoms with Gasteiger partial charge in [0.2, 0.25) is 5.95 Å². The van der Waals surface area contributed by atoms with Gasteiger partial charge in [-0.25, -0.2) is 0 Å². The summed E-state index contributed by atoms with van der Waals surface area (Å²) in [5.41, 5.74) is 1.61. The maximum atomic E-state index is 5.96. The lowest BCUT2D eigenvalue weighted by Gasteiger charge is -2.08. The van der Waals surface area contributed by atoms with E-state index in [4.69, 9.17) is 23.2 Å². The molecule has 0 atom stereocenters. The fourth-order valence-electron chi connectivity index (χ4n) is 1.84. The zero-order valence-electron chi connectivity index (χ0n) is 11.3. The third-order valence-electron chi connectivity index (χ3n) is 2.72. The second-order valence-electron chi connectivity index (χ2n) is 4.44. The Morgan fingerprint density at radius 1 is 0.818 bits per heavy atom. The molecule has 0 aliphatic heterocycles. The fourth-order valence-corrected chi connectivity index (χ4v) is 2.37. The minimum atomic E-state index is 0.347.